The Labute approximate surface area is 128 Å². The molecule has 1 aliphatic rings. The molecule has 6 nitrogen and oxygen atoms in total. The monoisotopic (exact) mass is 300 g/mol. The van der Waals surface area contributed by atoms with Crippen molar-refractivity contribution in [1.82, 2.24) is 14.4 Å². The summed E-state index contributed by atoms with van der Waals surface area (Å²) in [5.74, 6) is 0. The number of aryl methyl sites for hydroxylation is 1. The number of pyridine rings is 1. The number of nitrogens with zero attached hydrogens (tertiary/aromatic N) is 3. The van der Waals surface area contributed by atoms with Crippen LogP contribution in [0.1, 0.15) is 0 Å². The Kier molecular flexibility index (Phi) is 3.85. The fourth-order valence-corrected chi connectivity index (χ4v) is 2.72. The number of carbonyl (C=O) groups is 1. The molecule has 116 valence electrons. The van der Waals surface area contributed by atoms with Crippen LogP contribution in [0, 0.1) is 0 Å². The van der Waals surface area contributed by atoms with Crippen LogP contribution in [-0.4, -0.2) is 53.6 Å². The van der Waals surface area contributed by atoms with Crippen LogP contribution in [0.5, 0.6) is 0 Å². The van der Waals surface area contributed by atoms with Gasteiger partial charge in [-0.15, -0.1) is 0 Å². The van der Waals surface area contributed by atoms with Gasteiger partial charge in [0.05, 0.1) is 5.69 Å². The summed E-state index contributed by atoms with van der Waals surface area (Å²) in [5, 5.41) is 4.33. The number of rotatable bonds is 1. The number of likely N-dealkylation sites (N-methyl/N-ethyl adjacent to an activating group) is 1. The maximum Gasteiger partial charge on any atom is 0.321 e. The summed E-state index contributed by atoms with van der Waals surface area (Å²) >= 11 is 0. The number of amides is 2. The van der Waals surface area contributed by atoms with Crippen molar-refractivity contribution in [1.29, 1.82) is 0 Å². The van der Waals surface area contributed by atoms with E-state index < -0.39 is 0 Å². The minimum absolute atomic E-state index is 0.0619. The molecule has 0 unspecified atom stereocenters. The van der Waals surface area contributed by atoms with Crippen LogP contribution in [0.25, 0.3) is 10.8 Å². The van der Waals surface area contributed by atoms with Gasteiger partial charge in [0.15, 0.2) is 0 Å². The average Bonchev–Trinajstić information content (AvgIpc) is 2.53. The zero-order valence-corrected chi connectivity index (χ0v) is 12.9. The summed E-state index contributed by atoms with van der Waals surface area (Å²) in [6.07, 6.45) is 1.68. The maximum atomic E-state index is 12.4. The molecule has 0 bridgehead atoms. The van der Waals surface area contributed by atoms with Crippen molar-refractivity contribution in [2.75, 3.05) is 38.5 Å². The normalized spacial score (nSPS) is 16.0. The Morgan fingerprint density at radius 1 is 1.05 bits per heavy atom. The fraction of sp³-hybridized carbons (Fsp3) is 0.375. The number of urea groups is 1. The van der Waals surface area contributed by atoms with Gasteiger partial charge in [0.2, 0.25) is 0 Å². The van der Waals surface area contributed by atoms with E-state index in [0.29, 0.717) is 24.2 Å². The zero-order chi connectivity index (χ0) is 15.7. The molecule has 6 heteroatoms. The van der Waals surface area contributed by atoms with Gasteiger partial charge in [-0.05, 0) is 13.1 Å². The van der Waals surface area contributed by atoms with E-state index in [1.54, 1.807) is 24.2 Å². The predicted octanol–water partition coefficient (Wildman–Crippen LogP) is 1.32. The number of aromatic nitrogens is 1. The largest absolute Gasteiger partial charge is 0.322 e. The number of hydrogen-bond donors (Lipinski definition) is 1. The Bertz CT molecular complexity index is 760. The van der Waals surface area contributed by atoms with Crippen molar-refractivity contribution in [3.8, 4) is 0 Å². The van der Waals surface area contributed by atoms with E-state index in [9.17, 15) is 9.59 Å². The quantitative estimate of drug-likeness (QED) is 0.864. The van der Waals surface area contributed by atoms with E-state index in [4.69, 9.17) is 0 Å². The molecule has 1 fully saturated rings. The summed E-state index contributed by atoms with van der Waals surface area (Å²) in [4.78, 5) is 28.6. The lowest BCUT2D eigenvalue weighted by molar-refractivity contribution is 0.164. The van der Waals surface area contributed by atoms with Crippen LogP contribution >= 0.6 is 0 Å². The number of anilines is 1. The Balaban J connectivity index is 1.89. The molecular weight excluding hydrogens is 280 g/mol. The van der Waals surface area contributed by atoms with Gasteiger partial charge >= 0.3 is 6.03 Å². The second kappa shape index (κ2) is 5.81. The number of nitrogens with one attached hydrogen (secondary N) is 1. The number of hydrogen-bond acceptors (Lipinski definition) is 3. The van der Waals surface area contributed by atoms with Crippen LogP contribution in [-0.2, 0) is 7.05 Å². The molecule has 3 rings (SSSR count). The maximum absolute atomic E-state index is 12.4. The van der Waals surface area contributed by atoms with Crippen LogP contribution in [0.4, 0.5) is 10.5 Å². The van der Waals surface area contributed by atoms with E-state index in [0.717, 1.165) is 18.5 Å². The van der Waals surface area contributed by atoms with Crippen molar-refractivity contribution in [3.05, 3.63) is 40.8 Å². The van der Waals surface area contributed by atoms with E-state index in [-0.39, 0.29) is 11.6 Å². The van der Waals surface area contributed by atoms with Crippen LogP contribution in [0.2, 0.25) is 0 Å². The minimum atomic E-state index is -0.114. The van der Waals surface area contributed by atoms with Crippen molar-refractivity contribution in [2.45, 2.75) is 0 Å². The summed E-state index contributed by atoms with van der Waals surface area (Å²) in [6, 6.07) is 7.22. The molecule has 22 heavy (non-hydrogen) atoms. The van der Waals surface area contributed by atoms with Gasteiger partial charge < -0.3 is 19.7 Å². The first-order valence-electron chi connectivity index (χ1n) is 7.39. The van der Waals surface area contributed by atoms with Crippen LogP contribution in [0.15, 0.2) is 35.3 Å². The smallest absolute Gasteiger partial charge is 0.321 e. The van der Waals surface area contributed by atoms with Gasteiger partial charge in [-0.3, -0.25) is 4.79 Å². The van der Waals surface area contributed by atoms with Gasteiger partial charge in [-0.2, -0.15) is 0 Å². The third-order valence-corrected chi connectivity index (χ3v) is 4.12. The van der Waals surface area contributed by atoms with E-state index in [1.165, 1.54) is 4.57 Å². The Morgan fingerprint density at radius 3 is 2.36 bits per heavy atom. The number of piperazine rings is 1. The third-order valence-electron chi connectivity index (χ3n) is 4.12. The highest BCUT2D eigenvalue weighted by atomic mass is 16.2. The first-order valence-corrected chi connectivity index (χ1v) is 7.39. The average molecular weight is 300 g/mol. The molecule has 0 aliphatic carbocycles. The fourth-order valence-electron chi connectivity index (χ4n) is 2.72. The second-order valence-corrected chi connectivity index (χ2v) is 5.72. The van der Waals surface area contributed by atoms with E-state index >= 15 is 0 Å². The molecule has 1 aliphatic heterocycles. The third kappa shape index (κ3) is 2.69. The van der Waals surface area contributed by atoms with Gasteiger partial charge in [-0.1, -0.05) is 18.2 Å². The molecule has 1 aromatic heterocycles. The molecule has 0 atom stereocenters. The molecule has 0 radical (unpaired) electrons. The predicted molar refractivity (Wildman–Crippen MR) is 87.3 cm³/mol. The van der Waals surface area contributed by atoms with Crippen LogP contribution in [0.3, 0.4) is 0 Å². The first kappa shape index (κ1) is 14.6. The highest BCUT2D eigenvalue weighted by Gasteiger charge is 2.20. The van der Waals surface area contributed by atoms with Crippen LogP contribution < -0.4 is 10.9 Å². The highest BCUT2D eigenvalue weighted by Crippen LogP contribution is 2.20. The van der Waals surface area contributed by atoms with Gasteiger partial charge in [0.25, 0.3) is 5.56 Å². The number of carbonyl (C=O) groups excluding carboxylic acids is 1. The van der Waals surface area contributed by atoms with E-state index in [2.05, 4.69) is 17.3 Å². The topological polar surface area (TPSA) is 57.6 Å². The Morgan fingerprint density at radius 2 is 1.68 bits per heavy atom. The molecule has 1 saturated heterocycles. The van der Waals surface area contributed by atoms with E-state index in [1.807, 2.05) is 18.2 Å². The summed E-state index contributed by atoms with van der Waals surface area (Å²) in [7, 11) is 3.75. The van der Waals surface area contributed by atoms with Gasteiger partial charge in [0.1, 0.15) is 0 Å². The molecule has 2 amide bonds. The summed E-state index contributed by atoms with van der Waals surface area (Å²) in [6.45, 7) is 3.18. The lowest BCUT2D eigenvalue weighted by Crippen LogP contribution is -2.48. The van der Waals surface area contributed by atoms with Crippen molar-refractivity contribution in [2.24, 2.45) is 7.05 Å². The standard InChI is InChI=1S/C16H20N4O2/c1-18-7-9-20(10-8-18)16(22)17-14-11-19(2)15(21)13-6-4-3-5-12(13)14/h3-6,11H,7-10H2,1-2H3,(H,17,22). The molecule has 0 saturated carbocycles. The summed E-state index contributed by atoms with van der Waals surface area (Å²) < 4.78 is 1.50. The zero-order valence-electron chi connectivity index (χ0n) is 12.9. The Hall–Kier alpha value is -2.34. The molecule has 2 aromatic rings. The molecule has 0 spiro atoms. The lowest BCUT2D eigenvalue weighted by Gasteiger charge is -2.32. The van der Waals surface area contributed by atoms with Gasteiger partial charge in [-0.25, -0.2) is 4.79 Å². The number of fused-ring (bicyclic) bond motifs is 1. The molecular formula is C16H20N4O2. The lowest BCUT2D eigenvalue weighted by atomic mass is 10.1. The first-order chi connectivity index (χ1) is 10.6. The van der Waals surface area contributed by atoms with Crippen molar-refractivity contribution in [3.63, 3.8) is 0 Å². The number of benzene rings is 1. The highest BCUT2D eigenvalue weighted by molar-refractivity contribution is 6.00. The summed E-state index contributed by atoms with van der Waals surface area (Å²) in [5.41, 5.74) is 0.606. The molecule has 2 heterocycles. The SMILES string of the molecule is CN1CCN(C(=O)Nc2cn(C)c(=O)c3ccccc23)CC1. The van der Waals surface area contributed by atoms with Crippen molar-refractivity contribution >= 4 is 22.5 Å². The minimum Gasteiger partial charge on any atom is -0.322 e. The van der Waals surface area contributed by atoms with Crippen molar-refractivity contribution < 1.29 is 4.79 Å². The van der Waals surface area contributed by atoms with Gasteiger partial charge in [0, 0.05) is 50.2 Å². The molecule has 1 N–H and O–H groups in total. The second-order valence-electron chi connectivity index (χ2n) is 5.72. The molecule has 1 aromatic carbocycles.